The minimum absolute atomic E-state index is 0.207. The first-order valence-electron chi connectivity index (χ1n) is 7.96. The second-order valence-electron chi connectivity index (χ2n) is 5.69. The van der Waals surface area contributed by atoms with Crippen LogP contribution in [-0.4, -0.2) is 23.8 Å². The Hall–Kier alpha value is -2.41. The van der Waals surface area contributed by atoms with E-state index < -0.39 is 0 Å². The third kappa shape index (κ3) is 4.86. The van der Waals surface area contributed by atoms with E-state index in [2.05, 4.69) is 10.3 Å². The zero-order chi connectivity index (χ0) is 19.4. The minimum atomic E-state index is -0.240. The van der Waals surface area contributed by atoms with Crippen molar-refractivity contribution >= 4 is 51.5 Å². The molecule has 0 radical (unpaired) electrons. The molecule has 2 aromatic carbocycles. The van der Waals surface area contributed by atoms with Crippen LogP contribution in [0.25, 0.3) is 0 Å². The summed E-state index contributed by atoms with van der Waals surface area (Å²) < 4.78 is 0. The highest BCUT2D eigenvalue weighted by Crippen LogP contribution is 2.22. The number of amides is 2. The van der Waals surface area contributed by atoms with Crippen molar-refractivity contribution in [1.82, 2.24) is 10.3 Å². The molecular formula is C19H15Cl2N3O2S. The molecule has 0 aliphatic rings. The van der Waals surface area contributed by atoms with Crippen LogP contribution < -0.4 is 10.2 Å². The number of rotatable bonds is 5. The topological polar surface area (TPSA) is 62.3 Å². The Balaban J connectivity index is 1.64. The van der Waals surface area contributed by atoms with Gasteiger partial charge in [0.2, 0.25) is 0 Å². The van der Waals surface area contributed by atoms with Gasteiger partial charge < -0.3 is 5.32 Å². The van der Waals surface area contributed by atoms with Crippen LogP contribution in [0.2, 0.25) is 10.0 Å². The molecule has 2 amide bonds. The van der Waals surface area contributed by atoms with Gasteiger partial charge in [0.05, 0.1) is 12.2 Å². The highest BCUT2D eigenvalue weighted by molar-refractivity contribution is 7.14. The monoisotopic (exact) mass is 419 g/mol. The molecule has 0 aliphatic carbocycles. The fraction of sp³-hybridized carbons (Fsp3) is 0.105. The fourth-order valence-corrected chi connectivity index (χ4v) is 3.51. The number of hydrogen-bond donors (Lipinski definition) is 1. The Morgan fingerprint density at radius 2 is 1.70 bits per heavy atom. The highest BCUT2D eigenvalue weighted by atomic mass is 35.5. The van der Waals surface area contributed by atoms with E-state index in [1.165, 1.54) is 16.2 Å². The average Bonchev–Trinajstić information content (AvgIpc) is 3.14. The highest BCUT2D eigenvalue weighted by Gasteiger charge is 2.17. The van der Waals surface area contributed by atoms with Crippen molar-refractivity contribution in [3.05, 3.63) is 80.8 Å². The molecule has 27 heavy (non-hydrogen) atoms. The summed E-state index contributed by atoms with van der Waals surface area (Å²) in [6, 6.07) is 13.5. The molecule has 0 bridgehead atoms. The van der Waals surface area contributed by atoms with Crippen molar-refractivity contribution < 1.29 is 9.59 Å². The van der Waals surface area contributed by atoms with Crippen LogP contribution in [0, 0.1) is 0 Å². The molecule has 3 rings (SSSR count). The van der Waals surface area contributed by atoms with Crippen LogP contribution in [0.3, 0.4) is 0 Å². The molecule has 138 valence electrons. The molecule has 1 aromatic heterocycles. The number of nitrogens with one attached hydrogen (secondary N) is 1. The van der Waals surface area contributed by atoms with Gasteiger partial charge in [0.15, 0.2) is 5.13 Å². The molecule has 0 aliphatic heterocycles. The quantitative estimate of drug-likeness (QED) is 0.653. The predicted molar refractivity (Wildman–Crippen MR) is 109 cm³/mol. The normalized spacial score (nSPS) is 10.5. The zero-order valence-corrected chi connectivity index (χ0v) is 16.6. The third-order valence-electron chi connectivity index (χ3n) is 3.72. The van der Waals surface area contributed by atoms with Gasteiger partial charge in [-0.15, -0.1) is 11.3 Å². The number of nitrogens with zero attached hydrogens (tertiary/aromatic N) is 2. The van der Waals surface area contributed by atoms with Gasteiger partial charge in [0, 0.05) is 33.6 Å². The number of carbonyl (C=O) groups is 2. The predicted octanol–water partition coefficient (Wildman–Crippen LogP) is 4.66. The van der Waals surface area contributed by atoms with Crippen LogP contribution in [0.5, 0.6) is 0 Å². The molecule has 1 heterocycles. The summed E-state index contributed by atoms with van der Waals surface area (Å²) in [7, 11) is 1.65. The first-order valence-corrected chi connectivity index (χ1v) is 9.59. The standard InChI is InChI=1S/C19H15Cl2N3O2S/c1-24(18(26)13-5-3-7-15(21)9-13)19-23-16(11-27-19)10-22-17(25)12-4-2-6-14(20)8-12/h2-9,11H,10H2,1H3,(H,22,25). The number of aromatic nitrogens is 1. The van der Waals surface area contributed by atoms with E-state index in [4.69, 9.17) is 23.2 Å². The van der Waals surface area contributed by atoms with Gasteiger partial charge in [-0.1, -0.05) is 35.3 Å². The Bertz CT molecular complexity index is 990. The molecule has 8 heteroatoms. The van der Waals surface area contributed by atoms with Gasteiger partial charge >= 0.3 is 0 Å². The molecule has 0 spiro atoms. The number of halogens is 2. The summed E-state index contributed by atoms with van der Waals surface area (Å²) in [5.74, 6) is -0.447. The largest absolute Gasteiger partial charge is 0.346 e. The van der Waals surface area contributed by atoms with Crippen LogP contribution in [0.4, 0.5) is 5.13 Å². The van der Waals surface area contributed by atoms with Crippen LogP contribution in [-0.2, 0) is 6.54 Å². The summed E-state index contributed by atoms with van der Waals surface area (Å²) in [5.41, 5.74) is 1.62. The van der Waals surface area contributed by atoms with Crippen LogP contribution in [0.15, 0.2) is 53.9 Å². The maximum atomic E-state index is 12.5. The number of thiazole rings is 1. The lowest BCUT2D eigenvalue weighted by Crippen LogP contribution is -2.26. The van der Waals surface area contributed by atoms with Crippen LogP contribution >= 0.6 is 34.5 Å². The maximum Gasteiger partial charge on any atom is 0.259 e. The smallest absolute Gasteiger partial charge is 0.259 e. The minimum Gasteiger partial charge on any atom is -0.346 e. The Kier molecular flexibility index (Phi) is 6.11. The van der Waals surface area contributed by atoms with Gasteiger partial charge in [-0.25, -0.2) is 4.98 Å². The summed E-state index contributed by atoms with van der Waals surface area (Å²) >= 11 is 13.2. The van der Waals surface area contributed by atoms with Crippen molar-refractivity contribution in [2.24, 2.45) is 0 Å². The molecule has 5 nitrogen and oxygen atoms in total. The Morgan fingerprint density at radius 3 is 2.37 bits per heavy atom. The number of carbonyl (C=O) groups excluding carboxylic acids is 2. The third-order valence-corrected chi connectivity index (χ3v) is 5.16. The lowest BCUT2D eigenvalue weighted by molar-refractivity contribution is 0.0948. The lowest BCUT2D eigenvalue weighted by atomic mass is 10.2. The summed E-state index contributed by atoms with van der Waals surface area (Å²) in [5, 5.41) is 6.12. The van der Waals surface area contributed by atoms with Crippen molar-refractivity contribution in [3.8, 4) is 0 Å². The van der Waals surface area contributed by atoms with E-state index >= 15 is 0 Å². The molecule has 0 fully saturated rings. The van der Waals surface area contributed by atoms with E-state index in [1.54, 1.807) is 61.0 Å². The van der Waals surface area contributed by atoms with Gasteiger partial charge in [0.1, 0.15) is 0 Å². The summed E-state index contributed by atoms with van der Waals surface area (Å²) in [6.45, 7) is 0.251. The van der Waals surface area contributed by atoms with Crippen molar-refractivity contribution in [2.45, 2.75) is 6.54 Å². The first-order chi connectivity index (χ1) is 12.9. The van der Waals surface area contributed by atoms with E-state index in [0.717, 1.165) is 0 Å². The molecule has 0 saturated carbocycles. The van der Waals surface area contributed by atoms with Gasteiger partial charge in [-0.05, 0) is 36.4 Å². The second kappa shape index (κ2) is 8.52. The van der Waals surface area contributed by atoms with E-state index in [1.807, 2.05) is 0 Å². The van der Waals surface area contributed by atoms with Crippen LogP contribution in [0.1, 0.15) is 26.4 Å². The van der Waals surface area contributed by atoms with Crippen molar-refractivity contribution in [2.75, 3.05) is 11.9 Å². The Morgan fingerprint density at radius 1 is 1.07 bits per heavy atom. The first kappa shape index (κ1) is 19.4. The summed E-state index contributed by atoms with van der Waals surface area (Å²) in [4.78, 5) is 30.6. The maximum absolute atomic E-state index is 12.5. The molecule has 0 atom stereocenters. The van der Waals surface area contributed by atoms with Gasteiger partial charge in [-0.3, -0.25) is 14.5 Å². The second-order valence-corrected chi connectivity index (χ2v) is 7.40. The van der Waals surface area contributed by atoms with E-state index in [0.29, 0.717) is 32.0 Å². The summed E-state index contributed by atoms with van der Waals surface area (Å²) in [6.07, 6.45) is 0. The fourth-order valence-electron chi connectivity index (χ4n) is 2.34. The number of anilines is 1. The van der Waals surface area contributed by atoms with Gasteiger partial charge in [-0.2, -0.15) is 0 Å². The SMILES string of the molecule is CN(C(=O)c1cccc(Cl)c1)c1nc(CNC(=O)c2cccc(Cl)c2)cs1. The molecule has 1 N–H and O–H groups in total. The Labute approximate surface area is 170 Å². The molecule has 0 saturated heterocycles. The van der Waals surface area contributed by atoms with Gasteiger partial charge in [0.25, 0.3) is 11.8 Å². The van der Waals surface area contributed by atoms with Crippen molar-refractivity contribution in [3.63, 3.8) is 0 Å². The van der Waals surface area contributed by atoms with E-state index in [9.17, 15) is 9.59 Å². The molecule has 0 unspecified atom stereocenters. The zero-order valence-electron chi connectivity index (χ0n) is 14.3. The van der Waals surface area contributed by atoms with Crippen molar-refractivity contribution in [1.29, 1.82) is 0 Å². The number of hydrogen-bond acceptors (Lipinski definition) is 4. The average molecular weight is 420 g/mol. The van der Waals surface area contributed by atoms with E-state index in [-0.39, 0.29) is 18.4 Å². The number of benzene rings is 2. The molecule has 3 aromatic rings. The lowest BCUT2D eigenvalue weighted by Gasteiger charge is -2.13. The molecular weight excluding hydrogens is 405 g/mol.